The first-order valence-electron chi connectivity index (χ1n) is 6.57. The van der Waals surface area contributed by atoms with Gasteiger partial charge in [0, 0.05) is 17.7 Å². The van der Waals surface area contributed by atoms with Crippen molar-refractivity contribution >= 4 is 11.6 Å². The number of aliphatic hydroxyl groups is 1. The lowest BCUT2D eigenvalue weighted by Gasteiger charge is -2.27. The molecule has 2 aliphatic rings. The SMILES string of the molecule is O=C1Nc2ccccc2C1(O)CCC1OCCCO1. The number of hydrogen-bond acceptors (Lipinski definition) is 4. The van der Waals surface area contributed by atoms with Crippen molar-refractivity contribution in [2.24, 2.45) is 0 Å². The van der Waals surface area contributed by atoms with Gasteiger partial charge in [-0.15, -0.1) is 0 Å². The van der Waals surface area contributed by atoms with Crippen molar-refractivity contribution in [1.82, 2.24) is 0 Å². The third-order valence-electron chi connectivity index (χ3n) is 3.63. The fourth-order valence-electron chi connectivity index (χ4n) is 2.58. The van der Waals surface area contributed by atoms with E-state index in [0.717, 1.165) is 6.42 Å². The number of carbonyl (C=O) groups excluding carboxylic acids is 1. The number of hydrogen-bond donors (Lipinski definition) is 2. The van der Waals surface area contributed by atoms with E-state index in [0.29, 0.717) is 37.3 Å². The van der Waals surface area contributed by atoms with E-state index in [-0.39, 0.29) is 12.2 Å². The Morgan fingerprint density at radius 3 is 2.84 bits per heavy atom. The lowest BCUT2D eigenvalue weighted by molar-refractivity contribution is -0.187. The predicted molar refractivity (Wildman–Crippen MR) is 68.5 cm³/mol. The van der Waals surface area contributed by atoms with E-state index in [1.807, 2.05) is 12.1 Å². The molecule has 0 saturated carbocycles. The fraction of sp³-hybridized carbons (Fsp3) is 0.500. The lowest BCUT2D eigenvalue weighted by Crippen LogP contribution is -2.36. The summed E-state index contributed by atoms with van der Waals surface area (Å²) in [6.07, 6.45) is 1.36. The Morgan fingerprint density at radius 2 is 2.05 bits per heavy atom. The second-order valence-electron chi connectivity index (χ2n) is 4.92. The Labute approximate surface area is 111 Å². The number of fused-ring (bicyclic) bond motifs is 1. The molecule has 1 amide bonds. The smallest absolute Gasteiger partial charge is 0.261 e. The van der Waals surface area contributed by atoms with Crippen LogP contribution in [0.5, 0.6) is 0 Å². The molecule has 102 valence electrons. The van der Waals surface area contributed by atoms with E-state index in [1.165, 1.54) is 0 Å². The Bertz CT molecular complexity index is 484. The maximum Gasteiger partial charge on any atom is 0.261 e. The summed E-state index contributed by atoms with van der Waals surface area (Å²) in [5.41, 5.74) is -0.155. The molecule has 2 N–H and O–H groups in total. The van der Waals surface area contributed by atoms with Crippen LogP contribution < -0.4 is 5.32 Å². The molecule has 1 aromatic carbocycles. The zero-order chi connectivity index (χ0) is 13.3. The molecular formula is C14H17NO4. The molecule has 0 aliphatic carbocycles. The minimum absolute atomic E-state index is 0.292. The summed E-state index contributed by atoms with van der Waals surface area (Å²) in [7, 11) is 0. The molecule has 1 aromatic rings. The van der Waals surface area contributed by atoms with Gasteiger partial charge in [0.1, 0.15) is 0 Å². The Kier molecular flexibility index (Phi) is 3.26. The van der Waals surface area contributed by atoms with Gasteiger partial charge in [0.25, 0.3) is 5.91 Å². The van der Waals surface area contributed by atoms with Crippen molar-refractivity contribution in [3.8, 4) is 0 Å². The molecule has 1 atom stereocenters. The van der Waals surface area contributed by atoms with E-state index in [9.17, 15) is 9.90 Å². The Balaban J connectivity index is 1.73. The van der Waals surface area contributed by atoms with E-state index in [1.54, 1.807) is 12.1 Å². The van der Waals surface area contributed by atoms with Crippen LogP contribution in [-0.4, -0.2) is 30.5 Å². The van der Waals surface area contributed by atoms with Crippen LogP contribution in [0.1, 0.15) is 24.8 Å². The summed E-state index contributed by atoms with van der Waals surface area (Å²) in [6.45, 7) is 1.34. The standard InChI is InChI=1S/C14H17NO4/c16-13-14(17,7-6-12-18-8-3-9-19-12)10-4-1-2-5-11(10)15-13/h1-2,4-5,12,17H,3,6-9H2,(H,15,16). The minimum atomic E-state index is -1.47. The third-order valence-corrected chi connectivity index (χ3v) is 3.63. The maximum absolute atomic E-state index is 12.0. The van der Waals surface area contributed by atoms with Gasteiger partial charge in [-0.2, -0.15) is 0 Å². The van der Waals surface area contributed by atoms with Gasteiger partial charge in [0.15, 0.2) is 11.9 Å². The molecule has 1 saturated heterocycles. The Hall–Kier alpha value is -1.43. The quantitative estimate of drug-likeness (QED) is 0.864. The maximum atomic E-state index is 12.0. The van der Waals surface area contributed by atoms with Crippen molar-refractivity contribution < 1.29 is 19.4 Å². The molecular weight excluding hydrogens is 246 g/mol. The van der Waals surface area contributed by atoms with Gasteiger partial charge in [-0.05, 0) is 18.9 Å². The van der Waals surface area contributed by atoms with Crippen LogP contribution >= 0.6 is 0 Å². The van der Waals surface area contributed by atoms with Crippen molar-refractivity contribution in [2.75, 3.05) is 18.5 Å². The Morgan fingerprint density at radius 1 is 1.32 bits per heavy atom. The van der Waals surface area contributed by atoms with Crippen LogP contribution in [0.3, 0.4) is 0 Å². The highest BCUT2D eigenvalue weighted by Gasteiger charge is 2.45. The number of benzene rings is 1. The number of amides is 1. The fourth-order valence-corrected chi connectivity index (χ4v) is 2.58. The highest BCUT2D eigenvalue weighted by atomic mass is 16.7. The monoisotopic (exact) mass is 263 g/mol. The van der Waals surface area contributed by atoms with Crippen LogP contribution in [0.4, 0.5) is 5.69 Å². The van der Waals surface area contributed by atoms with Gasteiger partial charge in [-0.25, -0.2) is 0 Å². The molecule has 5 nitrogen and oxygen atoms in total. The first-order valence-corrected chi connectivity index (χ1v) is 6.57. The van der Waals surface area contributed by atoms with Gasteiger partial charge in [0.05, 0.1) is 13.2 Å². The van der Waals surface area contributed by atoms with Gasteiger partial charge >= 0.3 is 0 Å². The summed E-state index contributed by atoms with van der Waals surface area (Å²) in [5, 5.41) is 13.3. The molecule has 1 unspecified atom stereocenters. The minimum Gasteiger partial charge on any atom is -0.375 e. The summed E-state index contributed by atoms with van der Waals surface area (Å²) in [4.78, 5) is 12.0. The summed E-state index contributed by atoms with van der Waals surface area (Å²) in [6, 6.07) is 7.21. The van der Waals surface area contributed by atoms with Gasteiger partial charge in [-0.1, -0.05) is 18.2 Å². The topological polar surface area (TPSA) is 67.8 Å². The van der Waals surface area contributed by atoms with Gasteiger partial charge < -0.3 is 19.9 Å². The van der Waals surface area contributed by atoms with E-state index >= 15 is 0 Å². The molecule has 3 rings (SSSR count). The van der Waals surface area contributed by atoms with Crippen LogP contribution in [0, 0.1) is 0 Å². The lowest BCUT2D eigenvalue weighted by atomic mass is 9.90. The van der Waals surface area contributed by atoms with Crippen LogP contribution in [0.15, 0.2) is 24.3 Å². The predicted octanol–water partition coefficient (Wildman–Crippen LogP) is 1.37. The average molecular weight is 263 g/mol. The number of carbonyl (C=O) groups is 1. The number of nitrogens with one attached hydrogen (secondary N) is 1. The zero-order valence-electron chi connectivity index (χ0n) is 10.6. The molecule has 0 spiro atoms. The molecule has 2 aliphatic heterocycles. The second-order valence-corrected chi connectivity index (χ2v) is 4.92. The molecule has 2 heterocycles. The van der Waals surface area contributed by atoms with Crippen LogP contribution in [0.2, 0.25) is 0 Å². The number of ether oxygens (including phenoxy) is 2. The molecule has 5 heteroatoms. The van der Waals surface area contributed by atoms with Gasteiger partial charge in [0.2, 0.25) is 0 Å². The average Bonchev–Trinajstić information content (AvgIpc) is 2.71. The van der Waals surface area contributed by atoms with Gasteiger partial charge in [-0.3, -0.25) is 4.79 Å². The highest BCUT2D eigenvalue weighted by Crippen LogP contribution is 2.39. The zero-order valence-corrected chi connectivity index (χ0v) is 10.6. The number of anilines is 1. The van der Waals surface area contributed by atoms with Crippen molar-refractivity contribution in [3.63, 3.8) is 0 Å². The number of para-hydroxylation sites is 1. The normalized spacial score (nSPS) is 27.1. The largest absolute Gasteiger partial charge is 0.375 e. The molecule has 0 aromatic heterocycles. The number of rotatable bonds is 3. The third kappa shape index (κ3) is 2.25. The second kappa shape index (κ2) is 4.92. The summed E-state index contributed by atoms with van der Waals surface area (Å²) >= 11 is 0. The molecule has 19 heavy (non-hydrogen) atoms. The first kappa shape index (κ1) is 12.6. The first-order chi connectivity index (χ1) is 9.20. The highest BCUT2D eigenvalue weighted by molar-refractivity contribution is 6.04. The van der Waals surface area contributed by atoms with Crippen molar-refractivity contribution in [2.45, 2.75) is 31.2 Å². The van der Waals surface area contributed by atoms with Crippen molar-refractivity contribution in [3.05, 3.63) is 29.8 Å². The summed E-state index contributed by atoms with van der Waals surface area (Å²) in [5.74, 6) is -0.371. The molecule has 1 fully saturated rings. The molecule has 0 bridgehead atoms. The van der Waals surface area contributed by atoms with E-state index in [2.05, 4.69) is 5.32 Å². The summed E-state index contributed by atoms with van der Waals surface area (Å²) < 4.78 is 10.9. The van der Waals surface area contributed by atoms with Crippen molar-refractivity contribution in [1.29, 1.82) is 0 Å². The van der Waals surface area contributed by atoms with Crippen LogP contribution in [0.25, 0.3) is 0 Å². The molecule has 0 radical (unpaired) electrons. The van der Waals surface area contributed by atoms with E-state index in [4.69, 9.17) is 9.47 Å². The van der Waals surface area contributed by atoms with Crippen LogP contribution in [-0.2, 0) is 19.9 Å². The van der Waals surface area contributed by atoms with E-state index < -0.39 is 5.60 Å².